The molecule has 0 atom stereocenters. The van der Waals surface area contributed by atoms with E-state index in [9.17, 15) is 14.3 Å². The molecule has 0 spiro atoms. The zero-order valence-corrected chi connectivity index (χ0v) is 16.1. The molecule has 31 heavy (non-hydrogen) atoms. The van der Waals surface area contributed by atoms with E-state index in [2.05, 4.69) is 25.9 Å². The molecule has 156 valence electrons. The number of nitrogens with one attached hydrogen (secondary N) is 3. The summed E-state index contributed by atoms with van der Waals surface area (Å²) < 4.78 is 20.0. The van der Waals surface area contributed by atoms with Crippen molar-refractivity contribution < 1.29 is 19.0 Å². The lowest BCUT2D eigenvalue weighted by Gasteiger charge is -2.34. The number of aromatic nitrogens is 2. The summed E-state index contributed by atoms with van der Waals surface area (Å²) in [5.41, 5.74) is 1.62. The maximum atomic E-state index is 14.4. The van der Waals surface area contributed by atoms with Crippen LogP contribution < -0.4 is 25.6 Å². The van der Waals surface area contributed by atoms with E-state index in [1.54, 1.807) is 35.2 Å². The minimum absolute atomic E-state index is 0.0480. The van der Waals surface area contributed by atoms with Gasteiger partial charge in [-0.3, -0.25) is 9.69 Å². The van der Waals surface area contributed by atoms with Crippen LogP contribution in [0.2, 0.25) is 0 Å². The molecule has 0 saturated carbocycles. The van der Waals surface area contributed by atoms with Gasteiger partial charge in [0.1, 0.15) is 17.8 Å². The number of aromatic hydroxyl groups is 1. The van der Waals surface area contributed by atoms with Crippen molar-refractivity contribution in [3.63, 3.8) is 0 Å². The fourth-order valence-corrected chi connectivity index (χ4v) is 3.33. The molecule has 10 heteroatoms. The molecular weight excluding hydrogens is 403 g/mol. The van der Waals surface area contributed by atoms with Gasteiger partial charge >= 0.3 is 0 Å². The minimum Gasteiger partial charge on any atom is -0.508 e. The highest BCUT2D eigenvalue weighted by atomic mass is 19.1. The second-order valence-electron chi connectivity index (χ2n) is 6.90. The van der Waals surface area contributed by atoms with Gasteiger partial charge in [0.15, 0.2) is 17.4 Å². The van der Waals surface area contributed by atoms with Crippen molar-refractivity contribution in [2.45, 2.75) is 6.42 Å². The number of carbonyl (C=O) groups is 1. The van der Waals surface area contributed by atoms with Crippen molar-refractivity contribution >= 4 is 34.7 Å². The first-order chi connectivity index (χ1) is 15.1. The number of amides is 1. The van der Waals surface area contributed by atoms with Gasteiger partial charge in [0, 0.05) is 30.4 Å². The number of phenols is 1. The van der Waals surface area contributed by atoms with E-state index in [1.807, 2.05) is 0 Å². The van der Waals surface area contributed by atoms with E-state index in [1.165, 1.54) is 18.4 Å². The standard InChI is InChI=1S/C21H17FN6O3/c22-15-10-24-21(26-12-2-1-3-14(29)8-12)27-20(15)25-13-4-5-17-16(9-13)28-18(11-31-17)23-7-6-19(28)30/h1-5,8-11,23,29H,6-7H2,(H2,24,25,26,27). The van der Waals surface area contributed by atoms with Gasteiger partial charge in [-0.25, -0.2) is 9.37 Å². The van der Waals surface area contributed by atoms with E-state index in [4.69, 9.17) is 4.74 Å². The molecule has 0 bridgehead atoms. The van der Waals surface area contributed by atoms with E-state index in [0.717, 1.165) is 6.20 Å². The van der Waals surface area contributed by atoms with E-state index in [-0.39, 0.29) is 23.4 Å². The van der Waals surface area contributed by atoms with Crippen LogP contribution in [0, 0.1) is 5.82 Å². The minimum atomic E-state index is -0.647. The highest BCUT2D eigenvalue weighted by Crippen LogP contribution is 2.38. The number of fused-ring (bicyclic) bond motifs is 3. The number of nitrogens with zero attached hydrogens (tertiary/aromatic N) is 3. The molecule has 2 aliphatic rings. The fraction of sp³-hybridized carbons (Fsp3) is 0.0952. The Morgan fingerprint density at radius 1 is 1.16 bits per heavy atom. The molecule has 5 rings (SSSR count). The van der Waals surface area contributed by atoms with Crippen LogP contribution in [0.25, 0.3) is 0 Å². The Morgan fingerprint density at radius 3 is 2.90 bits per heavy atom. The van der Waals surface area contributed by atoms with E-state index >= 15 is 0 Å². The molecule has 0 unspecified atom stereocenters. The van der Waals surface area contributed by atoms with Crippen LogP contribution in [0.5, 0.6) is 11.5 Å². The van der Waals surface area contributed by atoms with Crippen LogP contribution in [0.1, 0.15) is 6.42 Å². The van der Waals surface area contributed by atoms with Crippen LogP contribution >= 0.6 is 0 Å². The molecule has 9 nitrogen and oxygen atoms in total. The summed E-state index contributed by atoms with van der Waals surface area (Å²) in [5.74, 6) is 0.554. The summed E-state index contributed by atoms with van der Waals surface area (Å²) in [5, 5.41) is 18.5. The van der Waals surface area contributed by atoms with Crippen molar-refractivity contribution in [3.8, 4) is 11.5 Å². The topological polar surface area (TPSA) is 112 Å². The Bertz CT molecular complexity index is 1220. The van der Waals surface area contributed by atoms with Crippen LogP contribution in [0.3, 0.4) is 0 Å². The normalized spacial score (nSPS) is 14.5. The number of ether oxygens (including phenoxy) is 1. The highest BCUT2D eigenvalue weighted by molar-refractivity contribution is 6.00. The lowest BCUT2D eigenvalue weighted by atomic mass is 10.1. The maximum absolute atomic E-state index is 14.4. The number of hydrogen-bond donors (Lipinski definition) is 4. The maximum Gasteiger partial charge on any atom is 0.234 e. The summed E-state index contributed by atoms with van der Waals surface area (Å²) in [6.07, 6.45) is 2.90. The molecule has 0 radical (unpaired) electrons. The van der Waals surface area contributed by atoms with Crippen LogP contribution in [0.4, 0.5) is 33.2 Å². The lowest BCUT2D eigenvalue weighted by molar-refractivity contribution is -0.118. The molecule has 2 aliphatic heterocycles. The number of phenolic OH excluding ortho intramolecular Hbond substituents is 1. The molecule has 2 aromatic carbocycles. The van der Waals surface area contributed by atoms with Crippen molar-refractivity contribution in [1.82, 2.24) is 15.3 Å². The van der Waals surface area contributed by atoms with Crippen molar-refractivity contribution in [3.05, 3.63) is 66.6 Å². The first kappa shape index (κ1) is 18.7. The number of benzene rings is 2. The molecule has 1 saturated heterocycles. The zero-order valence-electron chi connectivity index (χ0n) is 16.1. The zero-order chi connectivity index (χ0) is 21.4. The van der Waals surface area contributed by atoms with Gasteiger partial charge in [-0.05, 0) is 30.3 Å². The third-order valence-corrected chi connectivity index (χ3v) is 4.74. The van der Waals surface area contributed by atoms with Crippen molar-refractivity contribution in [2.24, 2.45) is 0 Å². The number of anilines is 5. The van der Waals surface area contributed by atoms with Crippen LogP contribution in [-0.4, -0.2) is 27.5 Å². The van der Waals surface area contributed by atoms with Gasteiger partial charge in [-0.15, -0.1) is 0 Å². The fourth-order valence-electron chi connectivity index (χ4n) is 3.33. The van der Waals surface area contributed by atoms with Crippen LogP contribution in [-0.2, 0) is 4.79 Å². The number of halogens is 1. The summed E-state index contributed by atoms with van der Waals surface area (Å²) in [6, 6.07) is 11.5. The average molecular weight is 420 g/mol. The van der Waals surface area contributed by atoms with Crippen molar-refractivity contribution in [2.75, 3.05) is 22.1 Å². The molecule has 3 heterocycles. The van der Waals surface area contributed by atoms with Crippen LogP contribution in [0.15, 0.2) is 60.7 Å². The van der Waals surface area contributed by atoms with E-state index < -0.39 is 5.82 Å². The molecule has 4 N–H and O–H groups in total. The second-order valence-corrected chi connectivity index (χ2v) is 6.90. The summed E-state index contributed by atoms with van der Waals surface area (Å²) in [7, 11) is 0. The summed E-state index contributed by atoms with van der Waals surface area (Å²) in [4.78, 5) is 22.1. The highest BCUT2D eigenvalue weighted by Gasteiger charge is 2.30. The van der Waals surface area contributed by atoms with Crippen molar-refractivity contribution in [1.29, 1.82) is 0 Å². The second kappa shape index (κ2) is 7.48. The third-order valence-electron chi connectivity index (χ3n) is 4.74. The number of rotatable bonds is 4. The molecule has 1 aromatic heterocycles. The Labute approximate surface area is 176 Å². The lowest BCUT2D eigenvalue weighted by Crippen LogP contribution is -2.45. The Hall–Kier alpha value is -4.34. The number of hydrogen-bond acceptors (Lipinski definition) is 8. The Kier molecular flexibility index (Phi) is 4.51. The first-order valence-corrected chi connectivity index (χ1v) is 9.50. The summed E-state index contributed by atoms with van der Waals surface area (Å²) in [6.45, 7) is 0.541. The molecule has 3 aromatic rings. The Balaban J connectivity index is 1.42. The van der Waals surface area contributed by atoms with Gasteiger partial charge in [0.05, 0.1) is 11.9 Å². The van der Waals surface area contributed by atoms with Gasteiger partial charge in [0.2, 0.25) is 11.9 Å². The Morgan fingerprint density at radius 2 is 2.03 bits per heavy atom. The monoisotopic (exact) mass is 420 g/mol. The SMILES string of the molecule is O=C1CCNC2=COc3ccc(Nc4nc(Nc5cccc(O)c5)ncc4F)cc3N12. The summed E-state index contributed by atoms with van der Waals surface area (Å²) >= 11 is 0. The van der Waals surface area contributed by atoms with Gasteiger partial charge in [-0.1, -0.05) is 6.07 Å². The third kappa shape index (κ3) is 3.66. The quantitative estimate of drug-likeness (QED) is 0.509. The predicted molar refractivity (Wildman–Crippen MR) is 112 cm³/mol. The molecule has 1 amide bonds. The number of carbonyl (C=O) groups excluding carboxylic acids is 1. The average Bonchev–Trinajstić information content (AvgIpc) is 2.76. The molecular formula is C21H17FN6O3. The van der Waals surface area contributed by atoms with Gasteiger partial charge in [0.25, 0.3) is 0 Å². The van der Waals surface area contributed by atoms with E-state index in [0.29, 0.717) is 41.6 Å². The van der Waals surface area contributed by atoms with Gasteiger partial charge in [-0.2, -0.15) is 4.98 Å². The van der Waals surface area contributed by atoms with Gasteiger partial charge < -0.3 is 25.8 Å². The molecule has 0 aliphatic carbocycles. The smallest absolute Gasteiger partial charge is 0.234 e. The first-order valence-electron chi connectivity index (χ1n) is 9.50. The largest absolute Gasteiger partial charge is 0.508 e. The predicted octanol–water partition coefficient (Wildman–Crippen LogP) is 3.33. The molecule has 1 fully saturated rings.